The van der Waals surface area contributed by atoms with Gasteiger partial charge in [-0.05, 0) is 103 Å². The van der Waals surface area contributed by atoms with Gasteiger partial charge >= 0.3 is 11.9 Å². The van der Waals surface area contributed by atoms with Gasteiger partial charge in [-0.2, -0.15) is 0 Å². The molecule has 2 N–H and O–H groups in total. The van der Waals surface area contributed by atoms with Crippen LogP contribution in [-0.2, 0) is 19.1 Å². The van der Waals surface area contributed by atoms with Crippen LogP contribution in [0.25, 0.3) is 0 Å². The van der Waals surface area contributed by atoms with E-state index in [9.17, 15) is 14.4 Å². The van der Waals surface area contributed by atoms with E-state index in [0.717, 1.165) is 116 Å². The minimum Gasteiger partial charge on any atom is -0.480 e. The number of rotatable bonds is 41. The van der Waals surface area contributed by atoms with Crippen molar-refractivity contribution in [3.05, 3.63) is 97.2 Å². The molecule has 0 rings (SSSR count). The van der Waals surface area contributed by atoms with Crippen molar-refractivity contribution in [1.82, 2.24) is 5.32 Å². The highest BCUT2D eigenvalue weighted by molar-refractivity contribution is 5.80. The van der Waals surface area contributed by atoms with Crippen LogP contribution in [0.15, 0.2) is 97.2 Å². The molecule has 6 nitrogen and oxygen atoms in total. The van der Waals surface area contributed by atoms with E-state index in [1.54, 1.807) is 0 Å². The second-order valence-electron chi connectivity index (χ2n) is 15.2. The molecule has 1 unspecified atom stereocenters. The largest absolute Gasteiger partial charge is 0.480 e. The average molecular weight is 804 g/mol. The number of hydrogen-bond acceptors (Lipinski definition) is 4. The molecule has 1 atom stereocenters. The minimum atomic E-state index is -1.03. The maximum atomic E-state index is 12.8. The number of ether oxygens (including phenoxy) is 1. The first-order valence-electron chi connectivity index (χ1n) is 23.4. The zero-order valence-corrected chi connectivity index (χ0v) is 37.1. The number of amides is 1. The Kier molecular flexibility index (Phi) is 43.1. The molecule has 328 valence electrons. The third kappa shape index (κ3) is 45.0. The third-order valence-corrected chi connectivity index (χ3v) is 9.76. The van der Waals surface area contributed by atoms with E-state index in [2.05, 4.69) is 116 Å². The maximum absolute atomic E-state index is 12.8. The lowest BCUT2D eigenvalue weighted by molar-refractivity contribution is -0.150. The summed E-state index contributed by atoms with van der Waals surface area (Å²) in [6.07, 6.45) is 65.4. The Bertz CT molecular complexity index is 1200. The van der Waals surface area contributed by atoms with E-state index in [0.29, 0.717) is 12.8 Å². The lowest BCUT2D eigenvalue weighted by Gasteiger charge is -2.17. The number of nitrogens with one attached hydrogen (secondary N) is 1. The number of carbonyl (C=O) groups is 3. The van der Waals surface area contributed by atoms with Crippen LogP contribution in [0.4, 0.5) is 0 Å². The summed E-state index contributed by atoms with van der Waals surface area (Å²) in [5.41, 5.74) is 0. The molecule has 0 saturated heterocycles. The maximum Gasteiger partial charge on any atom is 0.322 e. The van der Waals surface area contributed by atoms with Gasteiger partial charge in [0, 0.05) is 12.8 Å². The normalized spacial score (nSPS) is 13.0. The molecular weight excluding hydrogens is 719 g/mol. The molecule has 0 aromatic heterocycles. The van der Waals surface area contributed by atoms with E-state index < -0.39 is 5.97 Å². The zero-order valence-electron chi connectivity index (χ0n) is 37.1. The molecule has 0 radical (unpaired) electrons. The number of esters is 1. The first-order chi connectivity index (χ1) is 28.5. The first kappa shape index (κ1) is 54.3. The lowest BCUT2D eigenvalue weighted by Crippen LogP contribution is -2.28. The Labute approximate surface area is 356 Å². The van der Waals surface area contributed by atoms with E-state index in [4.69, 9.17) is 9.84 Å². The summed E-state index contributed by atoms with van der Waals surface area (Å²) in [5.74, 6) is -1.30. The number of carboxylic acids is 1. The second-order valence-corrected chi connectivity index (χ2v) is 15.2. The van der Waals surface area contributed by atoms with Crippen LogP contribution in [0, 0.1) is 0 Å². The predicted octanol–water partition coefficient (Wildman–Crippen LogP) is 14.9. The molecule has 0 aliphatic heterocycles. The van der Waals surface area contributed by atoms with Gasteiger partial charge in [-0.3, -0.25) is 14.4 Å². The van der Waals surface area contributed by atoms with E-state index in [-0.39, 0.29) is 24.5 Å². The predicted molar refractivity (Wildman–Crippen MR) is 249 cm³/mol. The molecule has 0 heterocycles. The van der Waals surface area contributed by atoms with Gasteiger partial charge in [0.1, 0.15) is 12.6 Å². The van der Waals surface area contributed by atoms with Gasteiger partial charge in [-0.15, -0.1) is 0 Å². The molecule has 6 heteroatoms. The summed E-state index contributed by atoms with van der Waals surface area (Å²) < 4.78 is 6.00. The molecule has 0 aromatic carbocycles. The summed E-state index contributed by atoms with van der Waals surface area (Å²) in [6.45, 7) is 3.99. The number of unbranched alkanes of at least 4 members (excludes halogenated alkanes) is 14. The van der Waals surface area contributed by atoms with Crippen molar-refractivity contribution in [2.75, 3.05) is 6.54 Å². The fraction of sp³-hybridized carbons (Fsp3) is 0.635. The molecular formula is C52H85NO5. The van der Waals surface area contributed by atoms with E-state index in [1.165, 1.54) is 57.8 Å². The molecule has 0 bridgehead atoms. The Hall–Kier alpha value is -3.67. The zero-order chi connectivity index (χ0) is 42.3. The molecule has 0 aliphatic carbocycles. The molecule has 0 aromatic rings. The first-order valence-corrected chi connectivity index (χ1v) is 23.4. The van der Waals surface area contributed by atoms with Crippen molar-refractivity contribution in [1.29, 1.82) is 0 Å². The van der Waals surface area contributed by atoms with E-state index >= 15 is 0 Å². The number of carbonyl (C=O) groups excluding carboxylic acids is 2. The highest BCUT2D eigenvalue weighted by Crippen LogP contribution is 2.17. The standard InChI is InChI=1S/C52H85NO5/c1-3-5-7-9-11-13-15-17-18-19-20-21-22-23-24-25-26-28-30-32-34-39-43-47-52(57)58-49(45-41-37-35-38-42-46-50(54)53-48-51(55)56)44-40-36-33-31-29-27-16-14-12-10-8-6-4-2/h5-8,11-14,17-18,20-21,27,29,33,36,49H,3-4,9-10,15-16,19,22-26,28,30-32,34-35,37-48H2,1-2H3,(H,53,54)(H,55,56)/b7-5-,8-6-,13-11-,14-12-,18-17-,21-20-,29-27-,36-33-. The van der Waals surface area contributed by atoms with Crippen LogP contribution in [0.1, 0.15) is 200 Å². The Balaban J connectivity index is 4.19. The van der Waals surface area contributed by atoms with Crippen molar-refractivity contribution in [3.63, 3.8) is 0 Å². The molecule has 0 aliphatic rings. The summed E-state index contributed by atoms with van der Waals surface area (Å²) >= 11 is 0. The van der Waals surface area contributed by atoms with Gasteiger partial charge in [-0.25, -0.2) is 0 Å². The van der Waals surface area contributed by atoms with Crippen molar-refractivity contribution < 1.29 is 24.2 Å². The van der Waals surface area contributed by atoms with Crippen LogP contribution < -0.4 is 5.32 Å². The van der Waals surface area contributed by atoms with Gasteiger partial charge in [-0.1, -0.05) is 182 Å². The molecule has 1 amide bonds. The van der Waals surface area contributed by atoms with Crippen molar-refractivity contribution >= 4 is 17.8 Å². The average Bonchev–Trinajstić information content (AvgIpc) is 3.21. The van der Waals surface area contributed by atoms with Gasteiger partial charge in [0.25, 0.3) is 0 Å². The van der Waals surface area contributed by atoms with Crippen LogP contribution in [0.3, 0.4) is 0 Å². The number of allylic oxidation sites excluding steroid dienone is 16. The SMILES string of the molecule is CC/C=C\C/C=C\C/C=C\C/C=C\CCCCCCCCCCCCC(=O)OC(CC/C=C\C/C=C\C/C=C\C/C=C\CC)CCCCCCCC(=O)NCC(=O)O. The third-order valence-electron chi connectivity index (χ3n) is 9.76. The van der Waals surface area contributed by atoms with Crippen LogP contribution in [0.5, 0.6) is 0 Å². The smallest absolute Gasteiger partial charge is 0.322 e. The minimum absolute atomic E-state index is 0.0599. The highest BCUT2D eigenvalue weighted by atomic mass is 16.5. The second kappa shape index (κ2) is 46.0. The molecule has 0 fully saturated rings. The lowest BCUT2D eigenvalue weighted by atomic mass is 10.0. The highest BCUT2D eigenvalue weighted by Gasteiger charge is 2.14. The van der Waals surface area contributed by atoms with Crippen molar-refractivity contribution in [2.24, 2.45) is 0 Å². The molecule has 0 saturated carbocycles. The van der Waals surface area contributed by atoms with Crippen LogP contribution >= 0.6 is 0 Å². The van der Waals surface area contributed by atoms with Crippen LogP contribution in [-0.4, -0.2) is 35.6 Å². The number of aliphatic carboxylic acids is 1. The fourth-order valence-electron chi connectivity index (χ4n) is 6.38. The summed E-state index contributed by atoms with van der Waals surface area (Å²) in [4.78, 5) is 35.1. The number of carboxylic acid groups (broad SMARTS) is 1. The van der Waals surface area contributed by atoms with Gasteiger partial charge in [0.05, 0.1) is 0 Å². The summed E-state index contributed by atoms with van der Waals surface area (Å²) in [5, 5.41) is 11.1. The van der Waals surface area contributed by atoms with Gasteiger partial charge < -0.3 is 15.2 Å². The van der Waals surface area contributed by atoms with E-state index in [1.807, 2.05) is 0 Å². The quantitative estimate of drug-likeness (QED) is 0.0365. The molecule has 58 heavy (non-hydrogen) atoms. The summed E-state index contributed by atoms with van der Waals surface area (Å²) in [7, 11) is 0. The summed E-state index contributed by atoms with van der Waals surface area (Å²) in [6, 6.07) is 0. The Morgan fingerprint density at radius 1 is 0.448 bits per heavy atom. The fourth-order valence-corrected chi connectivity index (χ4v) is 6.38. The van der Waals surface area contributed by atoms with Crippen molar-refractivity contribution in [3.8, 4) is 0 Å². The molecule has 0 spiro atoms. The monoisotopic (exact) mass is 804 g/mol. The van der Waals surface area contributed by atoms with Crippen LogP contribution in [0.2, 0.25) is 0 Å². The number of hydrogen-bond donors (Lipinski definition) is 2. The topological polar surface area (TPSA) is 92.7 Å². The van der Waals surface area contributed by atoms with Crippen molar-refractivity contribution in [2.45, 2.75) is 206 Å². The van der Waals surface area contributed by atoms with Gasteiger partial charge in [0.15, 0.2) is 0 Å². The van der Waals surface area contributed by atoms with Gasteiger partial charge in [0.2, 0.25) is 5.91 Å². The Morgan fingerprint density at radius 2 is 0.828 bits per heavy atom. The Morgan fingerprint density at radius 3 is 1.29 bits per heavy atom.